The van der Waals surface area contributed by atoms with Crippen molar-refractivity contribution in [3.8, 4) is 11.5 Å². The van der Waals surface area contributed by atoms with E-state index in [4.69, 9.17) is 9.15 Å². The molecule has 6 nitrogen and oxygen atoms in total. The molecule has 6 heteroatoms. The number of nitrogens with zero attached hydrogens (tertiary/aromatic N) is 3. The van der Waals surface area contributed by atoms with Crippen molar-refractivity contribution in [2.45, 2.75) is 26.9 Å². The quantitative estimate of drug-likeness (QED) is 0.529. The minimum absolute atomic E-state index is 0.230. The fraction of sp³-hybridized carbons (Fsp3) is 0.211. The van der Waals surface area contributed by atoms with Crippen molar-refractivity contribution in [3.63, 3.8) is 0 Å². The van der Waals surface area contributed by atoms with Gasteiger partial charge in [-0.3, -0.25) is 4.40 Å². The number of fused-ring (bicyclic) bond motifs is 3. The number of imidazole rings is 1. The average molecular weight is 335 g/mol. The van der Waals surface area contributed by atoms with Crippen LogP contribution in [-0.2, 0) is 4.74 Å². The number of benzene rings is 1. The van der Waals surface area contributed by atoms with Gasteiger partial charge in [0.05, 0.1) is 29.1 Å². The molecule has 1 aromatic carbocycles. The number of esters is 1. The molecule has 0 bridgehead atoms. The van der Waals surface area contributed by atoms with Crippen molar-refractivity contribution < 1.29 is 13.9 Å². The maximum Gasteiger partial charge on any atom is 0.342 e. The predicted octanol–water partition coefficient (Wildman–Crippen LogP) is 4.02. The fourth-order valence-electron chi connectivity index (χ4n) is 2.96. The first kappa shape index (κ1) is 15.4. The minimum atomic E-state index is -0.425. The van der Waals surface area contributed by atoms with E-state index in [0.717, 1.165) is 11.0 Å². The van der Waals surface area contributed by atoms with Gasteiger partial charge in [-0.1, -0.05) is 12.1 Å². The van der Waals surface area contributed by atoms with Crippen LogP contribution in [-0.4, -0.2) is 26.4 Å². The second-order valence-corrected chi connectivity index (χ2v) is 6.09. The summed E-state index contributed by atoms with van der Waals surface area (Å²) in [5.74, 6) is 0.659. The number of hydrogen-bond donors (Lipinski definition) is 0. The maximum atomic E-state index is 12.8. The van der Waals surface area contributed by atoms with Gasteiger partial charge in [-0.25, -0.2) is 14.8 Å². The van der Waals surface area contributed by atoms with Crippen molar-refractivity contribution in [1.29, 1.82) is 0 Å². The molecule has 0 aliphatic carbocycles. The third kappa shape index (κ3) is 2.46. The molecule has 0 saturated heterocycles. The number of furan rings is 1. The highest BCUT2D eigenvalue weighted by Gasteiger charge is 2.25. The number of ether oxygens (including phenoxy) is 1. The lowest BCUT2D eigenvalue weighted by molar-refractivity contribution is 0.0376. The Hall–Kier alpha value is -3.15. The molecule has 0 spiro atoms. The van der Waals surface area contributed by atoms with E-state index in [2.05, 4.69) is 9.97 Å². The van der Waals surface area contributed by atoms with E-state index in [1.54, 1.807) is 19.3 Å². The highest BCUT2D eigenvalue weighted by Crippen LogP contribution is 2.31. The summed E-state index contributed by atoms with van der Waals surface area (Å²) in [7, 11) is 0. The van der Waals surface area contributed by atoms with Gasteiger partial charge in [0.25, 0.3) is 0 Å². The van der Waals surface area contributed by atoms with Gasteiger partial charge >= 0.3 is 5.97 Å². The monoisotopic (exact) mass is 335 g/mol. The van der Waals surface area contributed by atoms with Crippen LogP contribution in [0.3, 0.4) is 0 Å². The zero-order chi connectivity index (χ0) is 17.6. The summed E-state index contributed by atoms with van der Waals surface area (Å²) in [6.45, 7) is 5.42. The predicted molar refractivity (Wildman–Crippen MR) is 93.5 cm³/mol. The lowest BCUT2D eigenvalue weighted by Gasteiger charge is -2.14. The highest BCUT2D eigenvalue weighted by molar-refractivity contribution is 5.98. The molecular formula is C19H17N3O3. The molecule has 0 fully saturated rings. The summed E-state index contributed by atoms with van der Waals surface area (Å²) in [5, 5.41) is 0. The summed E-state index contributed by atoms with van der Waals surface area (Å²) in [6.07, 6.45) is 1.35. The number of para-hydroxylation sites is 2. The van der Waals surface area contributed by atoms with E-state index >= 15 is 0 Å². The van der Waals surface area contributed by atoms with E-state index in [0.29, 0.717) is 28.5 Å². The third-order valence-electron chi connectivity index (χ3n) is 3.93. The number of carbonyl (C=O) groups excluding carboxylic acids is 1. The Bertz CT molecular complexity index is 1080. The first-order chi connectivity index (χ1) is 12.1. The van der Waals surface area contributed by atoms with Gasteiger partial charge in [-0.2, -0.15) is 0 Å². The average Bonchev–Trinajstić information content (AvgIpc) is 3.20. The molecule has 0 saturated carbocycles. The first-order valence-corrected chi connectivity index (χ1v) is 8.09. The summed E-state index contributed by atoms with van der Waals surface area (Å²) in [4.78, 5) is 21.8. The van der Waals surface area contributed by atoms with Crippen molar-refractivity contribution in [1.82, 2.24) is 14.4 Å². The molecule has 0 N–H and O–H groups in total. The van der Waals surface area contributed by atoms with Crippen LogP contribution < -0.4 is 0 Å². The smallest absolute Gasteiger partial charge is 0.342 e. The SMILES string of the molecule is Cc1nc2nc3ccccc3n2c(-c2ccco2)c1C(=O)OC(C)C. The Morgan fingerprint density at radius 1 is 1.16 bits per heavy atom. The molecule has 25 heavy (non-hydrogen) atoms. The Balaban J connectivity index is 2.13. The van der Waals surface area contributed by atoms with Gasteiger partial charge in [-0.05, 0) is 45.0 Å². The van der Waals surface area contributed by atoms with Gasteiger partial charge in [0.15, 0.2) is 5.76 Å². The van der Waals surface area contributed by atoms with Gasteiger partial charge in [0.2, 0.25) is 5.78 Å². The summed E-state index contributed by atoms with van der Waals surface area (Å²) >= 11 is 0. The number of carbonyl (C=O) groups is 1. The lowest BCUT2D eigenvalue weighted by Crippen LogP contribution is -2.16. The molecule has 3 aromatic heterocycles. The minimum Gasteiger partial charge on any atom is -0.463 e. The van der Waals surface area contributed by atoms with E-state index < -0.39 is 5.97 Å². The van der Waals surface area contributed by atoms with Crippen LogP contribution in [0.15, 0.2) is 47.1 Å². The van der Waals surface area contributed by atoms with E-state index in [9.17, 15) is 4.79 Å². The van der Waals surface area contributed by atoms with Crippen molar-refractivity contribution in [3.05, 3.63) is 53.9 Å². The molecule has 0 radical (unpaired) electrons. The van der Waals surface area contributed by atoms with Crippen LogP contribution in [0, 0.1) is 6.92 Å². The molecule has 126 valence electrons. The number of aromatic nitrogens is 3. The van der Waals surface area contributed by atoms with Gasteiger partial charge in [0, 0.05) is 0 Å². The van der Waals surface area contributed by atoms with E-state index in [1.165, 1.54) is 0 Å². The molecule has 4 rings (SSSR count). The Morgan fingerprint density at radius 2 is 1.96 bits per heavy atom. The molecule has 0 unspecified atom stereocenters. The molecule has 0 aliphatic heterocycles. The van der Waals surface area contributed by atoms with Crippen LogP contribution in [0.5, 0.6) is 0 Å². The largest absolute Gasteiger partial charge is 0.463 e. The molecule has 0 atom stereocenters. The molecule has 3 heterocycles. The zero-order valence-corrected chi connectivity index (χ0v) is 14.2. The van der Waals surface area contributed by atoms with Crippen LogP contribution in [0.2, 0.25) is 0 Å². The first-order valence-electron chi connectivity index (χ1n) is 8.09. The molecule has 0 aliphatic rings. The van der Waals surface area contributed by atoms with Crippen LogP contribution in [0.4, 0.5) is 0 Å². The Labute approximate surface area is 144 Å². The van der Waals surface area contributed by atoms with Gasteiger partial charge in [-0.15, -0.1) is 0 Å². The molecule has 4 aromatic rings. The molecular weight excluding hydrogens is 318 g/mol. The second-order valence-electron chi connectivity index (χ2n) is 6.09. The standard InChI is InChI=1S/C19H17N3O3/c1-11(2)25-18(23)16-12(3)20-19-21-13-7-4-5-8-14(13)22(19)17(16)15-9-6-10-24-15/h4-11H,1-3H3. The van der Waals surface area contributed by atoms with Crippen LogP contribution in [0.1, 0.15) is 29.9 Å². The topological polar surface area (TPSA) is 69.6 Å². The molecule has 0 amide bonds. The third-order valence-corrected chi connectivity index (χ3v) is 3.93. The number of rotatable bonds is 3. The Morgan fingerprint density at radius 3 is 2.68 bits per heavy atom. The van der Waals surface area contributed by atoms with Crippen molar-refractivity contribution >= 4 is 22.8 Å². The summed E-state index contributed by atoms with van der Waals surface area (Å²) in [6, 6.07) is 11.3. The van der Waals surface area contributed by atoms with Gasteiger partial charge < -0.3 is 9.15 Å². The highest BCUT2D eigenvalue weighted by atomic mass is 16.5. The summed E-state index contributed by atoms with van der Waals surface area (Å²) < 4.78 is 12.9. The lowest BCUT2D eigenvalue weighted by atomic mass is 10.1. The summed E-state index contributed by atoms with van der Waals surface area (Å²) in [5.41, 5.74) is 3.21. The zero-order valence-electron chi connectivity index (χ0n) is 14.2. The van der Waals surface area contributed by atoms with Gasteiger partial charge in [0.1, 0.15) is 11.3 Å². The van der Waals surface area contributed by atoms with Crippen molar-refractivity contribution in [2.24, 2.45) is 0 Å². The fourth-order valence-corrected chi connectivity index (χ4v) is 2.96. The number of hydrogen-bond acceptors (Lipinski definition) is 5. The van der Waals surface area contributed by atoms with Crippen LogP contribution in [0.25, 0.3) is 28.3 Å². The van der Waals surface area contributed by atoms with E-state index in [1.807, 2.05) is 48.6 Å². The second kappa shape index (κ2) is 5.73. The van der Waals surface area contributed by atoms with Crippen molar-refractivity contribution in [2.75, 3.05) is 0 Å². The Kier molecular flexibility index (Phi) is 3.53. The maximum absolute atomic E-state index is 12.8. The van der Waals surface area contributed by atoms with E-state index in [-0.39, 0.29) is 6.10 Å². The normalized spacial score (nSPS) is 11.5. The number of aryl methyl sites for hydroxylation is 1. The van der Waals surface area contributed by atoms with Crippen LogP contribution >= 0.6 is 0 Å².